The highest BCUT2D eigenvalue weighted by atomic mass is 16.2. The number of rotatable bonds is 4. The maximum Gasteiger partial charge on any atom is 0.254 e. The Morgan fingerprint density at radius 1 is 1.09 bits per heavy atom. The molecule has 33 heavy (non-hydrogen) atoms. The predicted molar refractivity (Wildman–Crippen MR) is 130 cm³/mol. The highest BCUT2D eigenvalue weighted by Gasteiger charge is 2.28. The number of piperazine rings is 1. The third-order valence-corrected chi connectivity index (χ3v) is 6.62. The minimum atomic E-state index is -0.107. The zero-order chi connectivity index (χ0) is 23.2. The molecule has 0 radical (unpaired) electrons. The summed E-state index contributed by atoms with van der Waals surface area (Å²) in [6.45, 7) is 6.07. The molecular formula is C26H33N5O2. The van der Waals surface area contributed by atoms with Crippen LogP contribution in [0.15, 0.2) is 59.6 Å². The first-order valence-electron chi connectivity index (χ1n) is 11.7. The third-order valence-electron chi connectivity index (χ3n) is 6.62. The lowest BCUT2D eigenvalue weighted by molar-refractivity contribution is -0.123. The van der Waals surface area contributed by atoms with Gasteiger partial charge in [0.25, 0.3) is 5.91 Å². The number of carbonyl (C=O) groups is 2. The second-order valence-electron chi connectivity index (χ2n) is 8.90. The number of carbonyl (C=O) groups excluding carboxylic acids is 2. The van der Waals surface area contributed by atoms with Gasteiger partial charge in [0.2, 0.25) is 5.91 Å². The third kappa shape index (κ3) is 5.53. The second-order valence-corrected chi connectivity index (χ2v) is 8.90. The van der Waals surface area contributed by atoms with E-state index in [1.165, 1.54) is 5.56 Å². The molecule has 2 N–H and O–H groups in total. The van der Waals surface area contributed by atoms with Crippen LogP contribution in [0.4, 0.5) is 0 Å². The molecule has 4 rings (SSSR count). The van der Waals surface area contributed by atoms with Crippen LogP contribution in [0.1, 0.15) is 40.7 Å². The monoisotopic (exact) mass is 447 g/mol. The number of amides is 2. The average Bonchev–Trinajstić information content (AvgIpc) is 2.85. The Kier molecular flexibility index (Phi) is 7.27. The van der Waals surface area contributed by atoms with Crippen LogP contribution in [0.25, 0.3) is 0 Å². The quantitative estimate of drug-likeness (QED) is 0.558. The van der Waals surface area contributed by atoms with E-state index in [1.807, 2.05) is 31.3 Å². The number of aliphatic imine (C=N–C) groups is 1. The standard InChI is InChI=1S/C26H33N5O2/c1-19-17-31(14-12-23(19)21-6-4-3-5-7-21)26(27-2)29-16-20-8-10-22(11-9-20)25(33)30-15-13-28-24(32)18-30/h3-11,19,23H,12-18H2,1-2H3,(H,27,29)(H,28,32). The minimum Gasteiger partial charge on any atom is -0.353 e. The van der Waals surface area contributed by atoms with E-state index in [0.29, 0.717) is 37.0 Å². The number of hydrogen-bond acceptors (Lipinski definition) is 3. The van der Waals surface area contributed by atoms with Gasteiger partial charge >= 0.3 is 0 Å². The molecule has 2 saturated heterocycles. The Morgan fingerprint density at radius 2 is 1.85 bits per heavy atom. The van der Waals surface area contributed by atoms with Gasteiger partial charge in [-0.2, -0.15) is 0 Å². The first kappa shape index (κ1) is 22.8. The maximum atomic E-state index is 12.6. The van der Waals surface area contributed by atoms with Crippen LogP contribution in [0, 0.1) is 5.92 Å². The van der Waals surface area contributed by atoms with Gasteiger partial charge in [-0.25, -0.2) is 0 Å². The van der Waals surface area contributed by atoms with Gasteiger partial charge in [-0.3, -0.25) is 14.6 Å². The molecule has 2 heterocycles. The normalized spacial score (nSPS) is 21.5. The van der Waals surface area contributed by atoms with Crippen molar-refractivity contribution in [2.45, 2.75) is 25.8 Å². The summed E-state index contributed by atoms with van der Waals surface area (Å²) in [6.07, 6.45) is 1.11. The topological polar surface area (TPSA) is 77.0 Å². The molecule has 0 aliphatic carbocycles. The number of guanidine groups is 1. The summed E-state index contributed by atoms with van der Waals surface area (Å²) in [5, 5.41) is 6.22. The average molecular weight is 448 g/mol. The summed E-state index contributed by atoms with van der Waals surface area (Å²) < 4.78 is 0. The van der Waals surface area contributed by atoms with E-state index in [-0.39, 0.29) is 18.4 Å². The molecule has 7 nitrogen and oxygen atoms in total. The first-order valence-corrected chi connectivity index (χ1v) is 11.7. The molecule has 2 amide bonds. The van der Waals surface area contributed by atoms with E-state index in [4.69, 9.17) is 0 Å². The fraction of sp³-hybridized carbons (Fsp3) is 0.423. The van der Waals surface area contributed by atoms with E-state index in [9.17, 15) is 9.59 Å². The van der Waals surface area contributed by atoms with Crippen LogP contribution in [0.2, 0.25) is 0 Å². The summed E-state index contributed by atoms with van der Waals surface area (Å²) in [6, 6.07) is 18.4. The van der Waals surface area contributed by atoms with Crippen LogP contribution >= 0.6 is 0 Å². The van der Waals surface area contributed by atoms with E-state index in [0.717, 1.165) is 31.0 Å². The van der Waals surface area contributed by atoms with Crippen LogP contribution in [0.3, 0.4) is 0 Å². The van der Waals surface area contributed by atoms with E-state index in [1.54, 1.807) is 4.90 Å². The largest absolute Gasteiger partial charge is 0.353 e. The van der Waals surface area contributed by atoms with Crippen molar-refractivity contribution in [3.05, 3.63) is 71.3 Å². The zero-order valence-electron chi connectivity index (χ0n) is 19.5. The lowest BCUT2D eigenvalue weighted by atomic mass is 9.82. The summed E-state index contributed by atoms with van der Waals surface area (Å²) in [7, 11) is 1.83. The van der Waals surface area contributed by atoms with Crippen molar-refractivity contribution in [1.82, 2.24) is 20.4 Å². The molecule has 2 aliphatic heterocycles. The predicted octanol–water partition coefficient (Wildman–Crippen LogP) is 2.46. The van der Waals surface area contributed by atoms with Gasteiger partial charge in [0, 0.05) is 45.3 Å². The number of nitrogens with one attached hydrogen (secondary N) is 2. The molecule has 7 heteroatoms. The summed E-state index contributed by atoms with van der Waals surface area (Å²) in [5.74, 6) is 1.82. The second kappa shape index (κ2) is 10.5. The van der Waals surface area contributed by atoms with Crippen molar-refractivity contribution < 1.29 is 9.59 Å². The van der Waals surface area contributed by atoms with Crippen molar-refractivity contribution in [2.75, 3.05) is 39.8 Å². The lowest BCUT2D eigenvalue weighted by Gasteiger charge is -2.39. The highest BCUT2D eigenvalue weighted by molar-refractivity contribution is 5.97. The molecule has 2 unspecified atom stereocenters. The van der Waals surface area contributed by atoms with Crippen molar-refractivity contribution in [1.29, 1.82) is 0 Å². The zero-order valence-corrected chi connectivity index (χ0v) is 19.5. The minimum absolute atomic E-state index is 0.101. The Hall–Kier alpha value is -3.35. The van der Waals surface area contributed by atoms with Gasteiger partial charge in [0.15, 0.2) is 5.96 Å². The van der Waals surface area contributed by atoms with Crippen molar-refractivity contribution >= 4 is 17.8 Å². The first-order chi connectivity index (χ1) is 16.0. The van der Waals surface area contributed by atoms with Crippen LogP contribution in [-0.2, 0) is 11.3 Å². The smallest absolute Gasteiger partial charge is 0.254 e. The van der Waals surface area contributed by atoms with Gasteiger partial charge in [-0.15, -0.1) is 0 Å². The molecule has 0 spiro atoms. The van der Waals surface area contributed by atoms with Gasteiger partial charge in [0.1, 0.15) is 0 Å². The van der Waals surface area contributed by atoms with Crippen molar-refractivity contribution in [3.8, 4) is 0 Å². The summed E-state index contributed by atoms with van der Waals surface area (Å²) in [5.41, 5.74) is 3.11. The maximum absolute atomic E-state index is 12.6. The van der Waals surface area contributed by atoms with Crippen LogP contribution in [0.5, 0.6) is 0 Å². The Morgan fingerprint density at radius 3 is 2.52 bits per heavy atom. The van der Waals surface area contributed by atoms with Gasteiger partial charge in [-0.05, 0) is 41.5 Å². The molecule has 2 aromatic rings. The van der Waals surface area contributed by atoms with E-state index in [2.05, 4.69) is 57.8 Å². The lowest BCUT2D eigenvalue weighted by Crippen LogP contribution is -2.49. The van der Waals surface area contributed by atoms with E-state index >= 15 is 0 Å². The molecule has 2 aliphatic rings. The Bertz CT molecular complexity index is 990. The number of likely N-dealkylation sites (tertiary alicyclic amines) is 1. The highest BCUT2D eigenvalue weighted by Crippen LogP contribution is 2.32. The number of nitrogens with zero attached hydrogens (tertiary/aromatic N) is 3. The summed E-state index contributed by atoms with van der Waals surface area (Å²) >= 11 is 0. The van der Waals surface area contributed by atoms with Crippen LogP contribution < -0.4 is 10.6 Å². The number of benzene rings is 2. The Balaban J connectivity index is 1.31. The molecule has 0 saturated carbocycles. The van der Waals surface area contributed by atoms with Crippen LogP contribution in [-0.4, -0.2) is 67.3 Å². The fourth-order valence-electron chi connectivity index (χ4n) is 4.81. The SMILES string of the molecule is CN=C(NCc1ccc(C(=O)N2CCNC(=O)C2)cc1)N1CCC(c2ccccc2)C(C)C1. The number of piperidine rings is 1. The van der Waals surface area contributed by atoms with Crippen molar-refractivity contribution in [3.63, 3.8) is 0 Å². The van der Waals surface area contributed by atoms with Gasteiger partial charge < -0.3 is 20.4 Å². The molecular weight excluding hydrogens is 414 g/mol. The fourth-order valence-corrected chi connectivity index (χ4v) is 4.81. The molecule has 0 aromatic heterocycles. The van der Waals surface area contributed by atoms with Gasteiger partial charge in [0.05, 0.1) is 6.54 Å². The molecule has 0 bridgehead atoms. The molecule has 2 fully saturated rings. The molecule has 2 atom stereocenters. The summed E-state index contributed by atoms with van der Waals surface area (Å²) in [4.78, 5) is 32.6. The van der Waals surface area contributed by atoms with E-state index < -0.39 is 0 Å². The Labute approximate surface area is 195 Å². The molecule has 2 aromatic carbocycles. The molecule has 174 valence electrons. The van der Waals surface area contributed by atoms with Gasteiger partial charge in [-0.1, -0.05) is 49.4 Å². The number of hydrogen-bond donors (Lipinski definition) is 2. The van der Waals surface area contributed by atoms with Crippen molar-refractivity contribution in [2.24, 2.45) is 10.9 Å².